The predicted molar refractivity (Wildman–Crippen MR) is 95.4 cm³/mol. The lowest BCUT2D eigenvalue weighted by Crippen LogP contribution is -2.53. The first-order chi connectivity index (χ1) is 11.9. The second-order valence-electron chi connectivity index (χ2n) is 5.50. The summed E-state index contributed by atoms with van der Waals surface area (Å²) >= 11 is 5.05. The van der Waals surface area contributed by atoms with Gasteiger partial charge in [-0.25, -0.2) is 4.68 Å². The normalized spacial score (nSPS) is 16.5. The van der Waals surface area contributed by atoms with Gasteiger partial charge in [-0.3, -0.25) is 24.5 Å². The second kappa shape index (κ2) is 6.44. The number of carbonyl (C=O) groups is 2. The van der Waals surface area contributed by atoms with Crippen molar-refractivity contribution in [3.05, 3.63) is 53.9 Å². The molecule has 0 bridgehead atoms. The van der Waals surface area contributed by atoms with Crippen molar-refractivity contribution < 1.29 is 9.59 Å². The molecular formula is C16H16N6O2S. The van der Waals surface area contributed by atoms with Gasteiger partial charge >= 0.3 is 0 Å². The summed E-state index contributed by atoms with van der Waals surface area (Å²) in [5, 5.41) is 10.2. The molecule has 25 heavy (non-hydrogen) atoms. The molecule has 3 rings (SSSR count). The average molecular weight is 356 g/mol. The number of thiocarbonyl (C=S) groups is 1. The van der Waals surface area contributed by atoms with Crippen molar-refractivity contribution >= 4 is 35.2 Å². The summed E-state index contributed by atoms with van der Waals surface area (Å²) in [4.78, 5) is 26.1. The molecule has 0 spiro atoms. The summed E-state index contributed by atoms with van der Waals surface area (Å²) in [5.74, 6) is -0.952. The molecule has 1 aliphatic heterocycles. The molecule has 0 saturated carbocycles. The van der Waals surface area contributed by atoms with E-state index in [1.807, 2.05) is 24.6 Å². The molecule has 2 aromatic rings. The molecule has 2 aromatic heterocycles. The van der Waals surface area contributed by atoms with Crippen molar-refractivity contribution in [1.82, 2.24) is 29.8 Å². The first-order valence-corrected chi connectivity index (χ1v) is 7.89. The average Bonchev–Trinajstić information content (AvgIpc) is 3.16. The molecule has 128 valence electrons. The summed E-state index contributed by atoms with van der Waals surface area (Å²) in [5.41, 5.74) is 2.52. The van der Waals surface area contributed by atoms with E-state index in [-0.39, 0.29) is 17.2 Å². The number of nitrogens with one attached hydrogen (secondary N) is 1. The third-order valence-electron chi connectivity index (χ3n) is 3.87. The van der Waals surface area contributed by atoms with Crippen LogP contribution in [-0.2, 0) is 9.59 Å². The van der Waals surface area contributed by atoms with E-state index in [0.717, 1.165) is 17.0 Å². The lowest BCUT2D eigenvalue weighted by atomic mass is 10.1. The van der Waals surface area contributed by atoms with Gasteiger partial charge in [-0.05, 0) is 43.8 Å². The molecule has 9 heteroatoms. The van der Waals surface area contributed by atoms with Gasteiger partial charge in [0.15, 0.2) is 5.11 Å². The molecule has 1 N–H and O–H groups in total. The number of aromatic nitrogens is 4. The van der Waals surface area contributed by atoms with E-state index in [9.17, 15) is 9.59 Å². The Kier molecular flexibility index (Phi) is 4.32. The fourth-order valence-electron chi connectivity index (χ4n) is 2.72. The monoisotopic (exact) mass is 356 g/mol. The van der Waals surface area contributed by atoms with Crippen LogP contribution in [0.4, 0.5) is 0 Å². The zero-order valence-electron chi connectivity index (χ0n) is 13.8. The molecule has 8 nitrogen and oxygen atoms in total. The van der Waals surface area contributed by atoms with E-state index in [2.05, 4.69) is 22.1 Å². The topological polar surface area (TPSA) is 85.1 Å². The van der Waals surface area contributed by atoms with Crippen molar-refractivity contribution in [3.8, 4) is 0 Å². The quantitative estimate of drug-likeness (QED) is 0.379. The Morgan fingerprint density at radius 2 is 1.96 bits per heavy atom. The lowest BCUT2D eigenvalue weighted by Gasteiger charge is -2.27. The van der Waals surface area contributed by atoms with Crippen LogP contribution in [0.2, 0.25) is 0 Å². The van der Waals surface area contributed by atoms with E-state index in [4.69, 9.17) is 12.2 Å². The van der Waals surface area contributed by atoms with Crippen LogP contribution in [0.1, 0.15) is 17.0 Å². The van der Waals surface area contributed by atoms with Crippen molar-refractivity contribution in [1.29, 1.82) is 0 Å². The van der Waals surface area contributed by atoms with E-state index < -0.39 is 11.8 Å². The molecule has 0 atom stereocenters. The summed E-state index contributed by atoms with van der Waals surface area (Å²) < 4.78 is 3.60. The largest absolute Gasteiger partial charge is 0.298 e. The van der Waals surface area contributed by atoms with Gasteiger partial charge in [-0.1, -0.05) is 6.08 Å². The molecule has 3 heterocycles. The highest BCUT2D eigenvalue weighted by Gasteiger charge is 2.32. The Morgan fingerprint density at radius 1 is 1.28 bits per heavy atom. The van der Waals surface area contributed by atoms with Crippen LogP contribution < -0.4 is 5.32 Å². The van der Waals surface area contributed by atoms with Gasteiger partial charge in [0.25, 0.3) is 11.8 Å². The number of hydrogen-bond acceptors (Lipinski definition) is 5. The van der Waals surface area contributed by atoms with Crippen molar-refractivity contribution in [2.24, 2.45) is 0 Å². The Labute approximate surface area is 149 Å². The van der Waals surface area contributed by atoms with Crippen LogP contribution in [0.3, 0.4) is 0 Å². The van der Waals surface area contributed by atoms with Crippen LogP contribution in [0, 0.1) is 13.8 Å². The van der Waals surface area contributed by atoms with Gasteiger partial charge < -0.3 is 0 Å². The number of carbonyl (C=O) groups excluding carboxylic acids is 2. The van der Waals surface area contributed by atoms with E-state index >= 15 is 0 Å². The second-order valence-corrected chi connectivity index (χ2v) is 5.89. The first kappa shape index (κ1) is 16.8. The Morgan fingerprint density at radius 3 is 2.60 bits per heavy atom. The molecule has 1 fully saturated rings. The maximum Gasteiger partial charge on any atom is 0.265 e. The van der Waals surface area contributed by atoms with Gasteiger partial charge in [0.05, 0.1) is 0 Å². The van der Waals surface area contributed by atoms with E-state index in [1.54, 1.807) is 29.5 Å². The highest BCUT2D eigenvalue weighted by atomic mass is 32.1. The van der Waals surface area contributed by atoms with Crippen LogP contribution in [-0.4, -0.2) is 47.9 Å². The summed E-state index contributed by atoms with van der Waals surface area (Å²) in [6, 6.07) is 1.88. The molecule has 0 aliphatic carbocycles. The maximum absolute atomic E-state index is 12.6. The third-order valence-corrected chi connectivity index (χ3v) is 4.19. The molecule has 1 aliphatic rings. The zero-order valence-corrected chi connectivity index (χ0v) is 14.6. The Hall–Kier alpha value is -3.07. The smallest absolute Gasteiger partial charge is 0.265 e. The molecule has 0 unspecified atom stereocenters. The number of aryl methyl sites for hydroxylation is 1. The Balaban J connectivity index is 2.04. The minimum Gasteiger partial charge on any atom is -0.298 e. The molecule has 0 radical (unpaired) electrons. The van der Waals surface area contributed by atoms with E-state index in [1.165, 1.54) is 4.90 Å². The van der Waals surface area contributed by atoms with Gasteiger partial charge in [0.1, 0.15) is 18.2 Å². The summed E-state index contributed by atoms with van der Waals surface area (Å²) in [6.45, 7) is 7.64. The van der Waals surface area contributed by atoms with Crippen molar-refractivity contribution in [2.45, 2.75) is 13.8 Å². The van der Waals surface area contributed by atoms with Gasteiger partial charge in [0.2, 0.25) is 0 Å². The molecular weight excluding hydrogens is 340 g/mol. The van der Waals surface area contributed by atoms with Gasteiger partial charge in [-0.15, -0.1) is 16.8 Å². The Bertz CT molecular complexity index is 909. The minimum atomic E-state index is -0.510. The fraction of sp³-hybridized carbons (Fsp3) is 0.188. The highest BCUT2D eigenvalue weighted by molar-refractivity contribution is 7.80. The fourth-order valence-corrected chi connectivity index (χ4v) is 2.97. The number of amides is 2. The van der Waals surface area contributed by atoms with Gasteiger partial charge in [-0.2, -0.15) is 0 Å². The highest BCUT2D eigenvalue weighted by Crippen LogP contribution is 2.20. The summed E-state index contributed by atoms with van der Waals surface area (Å²) in [6.07, 6.45) is 6.26. The van der Waals surface area contributed by atoms with Crippen LogP contribution >= 0.6 is 12.2 Å². The van der Waals surface area contributed by atoms with Crippen LogP contribution in [0.25, 0.3) is 6.08 Å². The first-order valence-electron chi connectivity index (χ1n) is 7.48. The van der Waals surface area contributed by atoms with Crippen molar-refractivity contribution in [3.63, 3.8) is 0 Å². The zero-order chi connectivity index (χ0) is 18.1. The standard InChI is InChI=1S/C16H16N6O2S/c1-4-5-21-15(24)13(14(23)19-16(21)25)7-12-6-10(2)22(11(12)3)20-8-17-18-9-20/h4,6-9H,1,5H2,2-3H3,(H,19,23,25)/b13-7-. The minimum absolute atomic E-state index is 0.0273. The van der Waals surface area contributed by atoms with Crippen LogP contribution in [0.15, 0.2) is 36.9 Å². The third kappa shape index (κ3) is 2.89. The lowest BCUT2D eigenvalue weighted by molar-refractivity contribution is -0.128. The molecule has 2 amide bonds. The molecule has 1 saturated heterocycles. The molecule has 0 aromatic carbocycles. The predicted octanol–water partition coefficient (Wildman–Crippen LogP) is 0.821. The summed E-state index contributed by atoms with van der Waals surface area (Å²) in [7, 11) is 0. The van der Waals surface area contributed by atoms with E-state index in [0.29, 0.717) is 0 Å². The maximum atomic E-state index is 12.6. The SMILES string of the molecule is C=CCN1C(=O)/C(=C\c2cc(C)n(-n3cnnc3)c2C)C(=O)NC1=S. The number of hydrogen-bond donors (Lipinski definition) is 1. The van der Waals surface area contributed by atoms with Gasteiger partial charge in [0, 0.05) is 17.9 Å². The van der Waals surface area contributed by atoms with Crippen LogP contribution in [0.5, 0.6) is 0 Å². The number of nitrogens with zero attached hydrogens (tertiary/aromatic N) is 5. The van der Waals surface area contributed by atoms with Crippen molar-refractivity contribution in [2.75, 3.05) is 6.54 Å². The number of rotatable bonds is 4.